The van der Waals surface area contributed by atoms with E-state index < -0.39 is 115 Å². The number of aliphatic imine (C=N–C) groups is 1. The fourth-order valence-electron chi connectivity index (χ4n) is 5.89. The van der Waals surface area contributed by atoms with Crippen LogP contribution in [0, 0.1) is 0 Å². The van der Waals surface area contributed by atoms with Crippen molar-refractivity contribution in [2.75, 3.05) is 13.1 Å². The second-order valence-corrected chi connectivity index (χ2v) is 13.9. The summed E-state index contributed by atoms with van der Waals surface area (Å²) >= 11 is 0. The molecule has 1 saturated heterocycles. The number of benzene rings is 1. The highest BCUT2D eigenvalue weighted by molar-refractivity contribution is 5.99. The second kappa shape index (κ2) is 23.0. The monoisotopic (exact) mass is 835 g/mol. The van der Waals surface area contributed by atoms with Gasteiger partial charge in [-0.2, -0.15) is 0 Å². The number of carbonyl (C=O) groups excluding carboxylic acids is 7. The van der Waals surface area contributed by atoms with E-state index in [2.05, 4.69) is 31.6 Å². The molecule has 24 nitrogen and oxygen atoms in total. The van der Waals surface area contributed by atoms with E-state index in [9.17, 15) is 63.6 Å². The fourth-order valence-corrected chi connectivity index (χ4v) is 5.89. The second-order valence-electron chi connectivity index (χ2n) is 13.9. The van der Waals surface area contributed by atoms with E-state index in [-0.39, 0.29) is 56.9 Å². The zero-order chi connectivity index (χ0) is 44.6. The molecule has 0 saturated carbocycles. The van der Waals surface area contributed by atoms with Gasteiger partial charge in [0.25, 0.3) is 0 Å². The zero-order valence-electron chi connectivity index (χ0n) is 32.5. The Bertz CT molecular complexity index is 1740. The number of nitrogens with one attached hydrogen (secondary N) is 5. The first-order valence-corrected chi connectivity index (χ1v) is 18.4. The highest BCUT2D eigenvalue weighted by atomic mass is 16.4. The topological polar surface area (TPSA) is 414 Å². The number of primary amides is 1. The highest BCUT2D eigenvalue weighted by Crippen LogP contribution is 2.20. The van der Waals surface area contributed by atoms with Gasteiger partial charge >= 0.3 is 11.9 Å². The molecule has 326 valence electrons. The predicted molar refractivity (Wildman–Crippen MR) is 205 cm³/mol. The van der Waals surface area contributed by atoms with Crippen LogP contribution in [0.2, 0.25) is 0 Å². The number of hydrogen-bond donors (Lipinski definition) is 13. The molecule has 0 radical (unpaired) electrons. The maximum absolute atomic E-state index is 14.0. The van der Waals surface area contributed by atoms with Gasteiger partial charge in [0.2, 0.25) is 41.4 Å². The molecule has 1 aliphatic rings. The van der Waals surface area contributed by atoms with E-state index in [1.54, 1.807) is 0 Å². The number of nitrogens with zero attached hydrogens (tertiary/aromatic N) is 2. The third-order valence-corrected chi connectivity index (χ3v) is 8.92. The number of rotatable bonds is 23. The molecule has 8 atom stereocenters. The number of guanidine groups is 1. The number of phenolic OH excluding ortho intramolecular Hbond substituents is 1. The van der Waals surface area contributed by atoms with E-state index in [0.29, 0.717) is 5.56 Å². The molecule has 7 amide bonds. The Balaban J connectivity index is 2.38. The van der Waals surface area contributed by atoms with Gasteiger partial charge in [-0.15, -0.1) is 0 Å². The molecule has 2 rings (SSSR count). The van der Waals surface area contributed by atoms with Gasteiger partial charge in [0, 0.05) is 19.5 Å². The van der Waals surface area contributed by atoms with Gasteiger partial charge < -0.3 is 74.8 Å². The van der Waals surface area contributed by atoms with Crippen LogP contribution in [-0.2, 0) is 49.6 Å². The number of carbonyl (C=O) groups is 9. The first-order chi connectivity index (χ1) is 27.6. The third-order valence-electron chi connectivity index (χ3n) is 8.92. The smallest absolute Gasteiger partial charge is 0.326 e. The van der Waals surface area contributed by atoms with Crippen LogP contribution in [0.15, 0.2) is 29.3 Å². The van der Waals surface area contributed by atoms with Crippen molar-refractivity contribution in [3.63, 3.8) is 0 Å². The Hall–Kier alpha value is -6.56. The van der Waals surface area contributed by atoms with Crippen molar-refractivity contribution in [2.45, 2.75) is 107 Å². The molecule has 24 heteroatoms. The predicted octanol–water partition coefficient (Wildman–Crippen LogP) is -5.43. The molecule has 1 fully saturated rings. The van der Waals surface area contributed by atoms with Gasteiger partial charge in [-0.25, -0.2) is 4.79 Å². The maximum atomic E-state index is 14.0. The zero-order valence-corrected chi connectivity index (χ0v) is 32.5. The molecular weight excluding hydrogens is 782 g/mol. The lowest BCUT2D eigenvalue weighted by Gasteiger charge is -2.30. The summed E-state index contributed by atoms with van der Waals surface area (Å²) in [5.41, 5.74) is 21.9. The molecule has 0 aliphatic carbocycles. The number of aliphatic hydroxyl groups is 1. The molecule has 17 N–H and O–H groups in total. The first-order valence-electron chi connectivity index (χ1n) is 18.4. The summed E-state index contributed by atoms with van der Waals surface area (Å²) in [6, 6.07) is -5.29. The van der Waals surface area contributed by atoms with E-state index in [4.69, 9.17) is 22.9 Å². The summed E-state index contributed by atoms with van der Waals surface area (Å²) in [7, 11) is 0. The van der Waals surface area contributed by atoms with Crippen LogP contribution in [0.3, 0.4) is 0 Å². The van der Waals surface area contributed by atoms with Crippen molar-refractivity contribution >= 4 is 59.2 Å². The lowest BCUT2D eigenvalue weighted by molar-refractivity contribution is -0.145. The Labute approximate surface area is 337 Å². The quantitative estimate of drug-likeness (QED) is 0.0278. The molecule has 1 aromatic carbocycles. The van der Waals surface area contributed by atoms with Gasteiger partial charge in [0.15, 0.2) is 5.96 Å². The molecule has 0 unspecified atom stereocenters. The average Bonchev–Trinajstić information content (AvgIpc) is 3.64. The molecule has 0 aromatic heterocycles. The van der Waals surface area contributed by atoms with Crippen molar-refractivity contribution < 1.29 is 63.6 Å². The molecule has 1 aromatic rings. The van der Waals surface area contributed by atoms with Crippen LogP contribution < -0.4 is 49.5 Å². The largest absolute Gasteiger partial charge is 0.508 e. The van der Waals surface area contributed by atoms with Crippen LogP contribution >= 0.6 is 0 Å². The minimum atomic E-state index is -1.85. The van der Waals surface area contributed by atoms with Gasteiger partial charge in [-0.3, -0.25) is 43.3 Å². The van der Waals surface area contributed by atoms with Gasteiger partial charge in [-0.1, -0.05) is 12.1 Å². The number of aliphatic hydroxyl groups excluding tert-OH is 1. The van der Waals surface area contributed by atoms with Crippen LogP contribution in [0.4, 0.5) is 0 Å². The summed E-state index contributed by atoms with van der Waals surface area (Å²) in [5, 5.41) is 50.7. The highest BCUT2D eigenvalue weighted by Gasteiger charge is 2.40. The number of carboxylic acids is 2. The van der Waals surface area contributed by atoms with E-state index in [0.717, 1.165) is 11.8 Å². The molecule has 1 heterocycles. The van der Waals surface area contributed by atoms with Crippen molar-refractivity contribution in [3.8, 4) is 5.75 Å². The molecular formula is C35H53N11O13. The number of nitrogens with two attached hydrogens (primary N) is 4. The maximum Gasteiger partial charge on any atom is 0.326 e. The summed E-state index contributed by atoms with van der Waals surface area (Å²) in [6.45, 7) is 2.44. The van der Waals surface area contributed by atoms with E-state index in [1.807, 2.05) is 0 Å². The van der Waals surface area contributed by atoms with Crippen LogP contribution in [-0.4, -0.2) is 146 Å². The van der Waals surface area contributed by atoms with Gasteiger partial charge in [-0.05, 0) is 57.2 Å². The Morgan fingerprint density at radius 3 is 1.93 bits per heavy atom. The van der Waals surface area contributed by atoms with Crippen LogP contribution in [0.25, 0.3) is 0 Å². The van der Waals surface area contributed by atoms with Gasteiger partial charge in [0.1, 0.15) is 42.0 Å². The molecule has 59 heavy (non-hydrogen) atoms. The lowest BCUT2D eigenvalue weighted by atomic mass is 10.0. The van der Waals surface area contributed by atoms with Crippen molar-refractivity contribution in [1.82, 2.24) is 31.5 Å². The van der Waals surface area contributed by atoms with Crippen molar-refractivity contribution in [2.24, 2.45) is 27.9 Å². The third kappa shape index (κ3) is 16.1. The summed E-state index contributed by atoms with van der Waals surface area (Å²) in [4.78, 5) is 120. The van der Waals surface area contributed by atoms with Crippen molar-refractivity contribution in [1.29, 1.82) is 0 Å². The summed E-state index contributed by atoms with van der Waals surface area (Å²) in [5.74, 6) is -10.3. The normalized spacial score (nSPS) is 17.0. The number of likely N-dealkylation sites (tertiary alicyclic amines) is 1. The summed E-state index contributed by atoms with van der Waals surface area (Å²) < 4.78 is 0. The molecule has 0 spiro atoms. The number of phenols is 1. The average molecular weight is 836 g/mol. The van der Waals surface area contributed by atoms with Crippen molar-refractivity contribution in [3.05, 3.63) is 29.8 Å². The SMILES string of the molecule is C[C@H](N)C(=O)N[C@@H](CC(=O)O)C(=O)N[C@H](C(=O)N[C@@H](Cc1ccc(O)cc1)C(=O)N[C@@H](CC(N)=O)C(=O)N1CCC[C@H]1C(=O)N[C@@H](CCCN=C(N)N)C(=O)O)[C@@H](C)O. The fraction of sp³-hybridized carbons (Fsp3) is 0.543. The first kappa shape index (κ1) is 48.6. The number of aromatic hydroxyl groups is 1. The molecule has 1 aliphatic heterocycles. The Kier molecular flexibility index (Phi) is 18.9. The number of carboxylic acid groups (broad SMARTS) is 2. The molecule has 0 bridgehead atoms. The minimum Gasteiger partial charge on any atom is -0.508 e. The van der Waals surface area contributed by atoms with Gasteiger partial charge in [0.05, 0.1) is 25.0 Å². The standard InChI is InChI=1S/C35H53N11O13/c1-16(36)28(52)42-22(15-26(50)51)30(54)45-27(17(2)47)32(56)43-21(13-18-7-9-19(48)10-8-18)29(53)44-23(14-25(37)49)33(57)46-12-4-6-24(46)31(55)41-20(34(58)59)5-3-11-40-35(38)39/h7-10,16-17,20-24,27,47-48H,3-6,11-15,36H2,1-2H3,(H2,37,49)(H,41,55)(H,42,52)(H,43,56)(H,44,53)(H,45,54)(H,50,51)(H,58,59)(H4,38,39,40)/t16-,17+,20-,21-,22-,23-,24-,27-/m0/s1. The number of amides is 7. The van der Waals surface area contributed by atoms with E-state index >= 15 is 0 Å². The minimum absolute atomic E-state index is 0.0265. The summed E-state index contributed by atoms with van der Waals surface area (Å²) in [6.07, 6.45) is -3.19. The van der Waals surface area contributed by atoms with Crippen LogP contribution in [0.1, 0.15) is 57.9 Å². The number of aliphatic carboxylic acids is 2. The lowest BCUT2D eigenvalue weighted by Crippen LogP contribution is -2.62. The van der Waals surface area contributed by atoms with Crippen LogP contribution in [0.5, 0.6) is 5.75 Å². The number of hydrogen-bond acceptors (Lipinski definition) is 13. The Morgan fingerprint density at radius 1 is 0.797 bits per heavy atom. The van der Waals surface area contributed by atoms with E-state index in [1.165, 1.54) is 31.2 Å². The Morgan fingerprint density at radius 2 is 1.39 bits per heavy atom.